The standard InChI is InChI=1S/C22H21N5O/c1-15-7-9-18(10-8-15)27-21(16(2)25-14-17-5-3-11-23-13-17)26-20-19(22(27)28)6-4-12-24-20/h3-13,16,25H,14H2,1-2H3/t16-/m1/s1. The number of rotatable bonds is 5. The summed E-state index contributed by atoms with van der Waals surface area (Å²) in [5.74, 6) is 0.629. The average Bonchev–Trinajstić information content (AvgIpc) is 2.73. The number of hydrogen-bond acceptors (Lipinski definition) is 5. The summed E-state index contributed by atoms with van der Waals surface area (Å²) in [5, 5.41) is 3.94. The summed E-state index contributed by atoms with van der Waals surface area (Å²) >= 11 is 0. The number of nitrogens with one attached hydrogen (secondary N) is 1. The predicted octanol–water partition coefficient (Wildman–Crippen LogP) is 3.33. The fourth-order valence-corrected chi connectivity index (χ4v) is 3.13. The highest BCUT2D eigenvalue weighted by Gasteiger charge is 2.18. The summed E-state index contributed by atoms with van der Waals surface area (Å²) < 4.78 is 1.67. The van der Waals surface area contributed by atoms with Crippen molar-refractivity contribution in [2.75, 3.05) is 0 Å². The van der Waals surface area contributed by atoms with Crippen molar-refractivity contribution >= 4 is 11.0 Å². The van der Waals surface area contributed by atoms with E-state index in [9.17, 15) is 4.79 Å². The van der Waals surface area contributed by atoms with Crippen LogP contribution in [-0.4, -0.2) is 19.5 Å². The van der Waals surface area contributed by atoms with Crippen molar-refractivity contribution in [2.45, 2.75) is 26.4 Å². The molecular formula is C22H21N5O. The molecule has 0 bridgehead atoms. The van der Waals surface area contributed by atoms with E-state index >= 15 is 0 Å². The number of aromatic nitrogens is 4. The Bertz CT molecular complexity index is 1150. The number of benzene rings is 1. The Labute approximate surface area is 162 Å². The SMILES string of the molecule is Cc1ccc(-n2c([C@@H](C)NCc3cccnc3)nc3ncccc3c2=O)cc1. The highest BCUT2D eigenvalue weighted by Crippen LogP contribution is 2.18. The molecule has 0 saturated carbocycles. The van der Waals surface area contributed by atoms with Gasteiger partial charge >= 0.3 is 0 Å². The molecule has 0 spiro atoms. The highest BCUT2D eigenvalue weighted by molar-refractivity contribution is 5.73. The van der Waals surface area contributed by atoms with Gasteiger partial charge in [0.1, 0.15) is 5.82 Å². The highest BCUT2D eigenvalue weighted by atomic mass is 16.1. The first kappa shape index (κ1) is 18.0. The average molecular weight is 371 g/mol. The first-order chi connectivity index (χ1) is 13.6. The number of aryl methyl sites for hydroxylation is 1. The molecule has 4 aromatic rings. The van der Waals surface area contributed by atoms with E-state index in [0.29, 0.717) is 23.4 Å². The quantitative estimate of drug-likeness (QED) is 0.582. The molecule has 4 rings (SSSR count). The third-order valence-electron chi connectivity index (χ3n) is 4.68. The molecule has 0 amide bonds. The van der Waals surface area contributed by atoms with E-state index in [-0.39, 0.29) is 11.6 Å². The summed E-state index contributed by atoms with van der Waals surface area (Å²) in [5.41, 5.74) is 3.33. The molecule has 140 valence electrons. The molecule has 0 saturated heterocycles. The van der Waals surface area contributed by atoms with E-state index in [2.05, 4.69) is 15.3 Å². The first-order valence-electron chi connectivity index (χ1n) is 9.20. The van der Waals surface area contributed by atoms with Crippen LogP contribution in [0.1, 0.15) is 29.9 Å². The fraction of sp³-hybridized carbons (Fsp3) is 0.182. The lowest BCUT2D eigenvalue weighted by atomic mass is 10.2. The summed E-state index contributed by atoms with van der Waals surface area (Å²) in [6, 6.07) is 15.1. The van der Waals surface area contributed by atoms with Gasteiger partial charge in [-0.25, -0.2) is 9.97 Å². The first-order valence-corrected chi connectivity index (χ1v) is 9.20. The minimum Gasteiger partial charge on any atom is -0.303 e. The van der Waals surface area contributed by atoms with Crippen LogP contribution in [0.2, 0.25) is 0 Å². The topological polar surface area (TPSA) is 72.7 Å². The molecule has 6 nitrogen and oxygen atoms in total. The Morgan fingerprint density at radius 2 is 1.86 bits per heavy atom. The van der Waals surface area contributed by atoms with Crippen molar-refractivity contribution < 1.29 is 0 Å². The molecule has 0 aliphatic carbocycles. The van der Waals surface area contributed by atoms with E-state index in [1.54, 1.807) is 29.1 Å². The summed E-state index contributed by atoms with van der Waals surface area (Å²) in [7, 11) is 0. The summed E-state index contributed by atoms with van der Waals surface area (Å²) in [6.45, 7) is 4.64. The molecule has 0 aliphatic rings. The monoisotopic (exact) mass is 371 g/mol. The number of nitrogens with zero attached hydrogens (tertiary/aromatic N) is 4. The van der Waals surface area contributed by atoms with E-state index in [1.807, 2.05) is 56.4 Å². The van der Waals surface area contributed by atoms with Crippen LogP contribution in [0.15, 0.2) is 71.9 Å². The normalized spacial score (nSPS) is 12.2. The Balaban J connectivity index is 1.80. The Morgan fingerprint density at radius 3 is 2.61 bits per heavy atom. The van der Waals surface area contributed by atoms with Crippen molar-refractivity contribution in [3.63, 3.8) is 0 Å². The number of fused-ring (bicyclic) bond motifs is 1. The summed E-state index contributed by atoms with van der Waals surface area (Å²) in [4.78, 5) is 26.4. The second kappa shape index (κ2) is 7.70. The van der Waals surface area contributed by atoms with Crippen LogP contribution in [0, 0.1) is 6.92 Å². The molecule has 3 heterocycles. The van der Waals surface area contributed by atoms with Crippen molar-refractivity contribution in [3.8, 4) is 5.69 Å². The van der Waals surface area contributed by atoms with Gasteiger partial charge < -0.3 is 5.32 Å². The predicted molar refractivity (Wildman–Crippen MR) is 109 cm³/mol. The van der Waals surface area contributed by atoms with E-state index < -0.39 is 0 Å². The zero-order chi connectivity index (χ0) is 19.5. The Kier molecular flexibility index (Phi) is 4.95. The molecule has 1 atom stereocenters. The molecule has 3 aromatic heterocycles. The molecule has 0 aliphatic heterocycles. The zero-order valence-electron chi connectivity index (χ0n) is 15.8. The minimum absolute atomic E-state index is 0.119. The van der Waals surface area contributed by atoms with Crippen molar-refractivity contribution in [2.24, 2.45) is 0 Å². The fourth-order valence-electron chi connectivity index (χ4n) is 3.13. The van der Waals surface area contributed by atoms with Gasteiger partial charge in [0.25, 0.3) is 5.56 Å². The van der Waals surface area contributed by atoms with Crippen molar-refractivity contribution in [1.82, 2.24) is 24.8 Å². The van der Waals surface area contributed by atoms with Gasteiger partial charge in [0, 0.05) is 25.1 Å². The third kappa shape index (κ3) is 3.54. The van der Waals surface area contributed by atoms with E-state index in [0.717, 1.165) is 16.8 Å². The number of pyridine rings is 2. The van der Waals surface area contributed by atoms with Crippen LogP contribution in [0.3, 0.4) is 0 Å². The van der Waals surface area contributed by atoms with Crippen LogP contribution >= 0.6 is 0 Å². The molecule has 0 fully saturated rings. The van der Waals surface area contributed by atoms with Gasteiger partial charge in [-0.2, -0.15) is 0 Å². The van der Waals surface area contributed by atoms with Gasteiger partial charge in [-0.3, -0.25) is 14.3 Å². The van der Waals surface area contributed by atoms with Crippen molar-refractivity contribution in [1.29, 1.82) is 0 Å². The van der Waals surface area contributed by atoms with E-state index in [4.69, 9.17) is 4.98 Å². The molecule has 0 unspecified atom stereocenters. The largest absolute Gasteiger partial charge is 0.303 e. The van der Waals surface area contributed by atoms with Gasteiger partial charge in [0.05, 0.1) is 17.1 Å². The van der Waals surface area contributed by atoms with Gasteiger partial charge in [0.2, 0.25) is 0 Å². The maximum absolute atomic E-state index is 13.3. The van der Waals surface area contributed by atoms with E-state index in [1.165, 1.54) is 0 Å². The third-order valence-corrected chi connectivity index (χ3v) is 4.68. The maximum Gasteiger partial charge on any atom is 0.267 e. The summed E-state index contributed by atoms with van der Waals surface area (Å²) in [6.07, 6.45) is 5.23. The number of hydrogen-bond donors (Lipinski definition) is 1. The van der Waals surface area contributed by atoms with Crippen LogP contribution in [0.4, 0.5) is 0 Å². The maximum atomic E-state index is 13.3. The smallest absolute Gasteiger partial charge is 0.267 e. The molecule has 0 radical (unpaired) electrons. The van der Waals surface area contributed by atoms with Gasteiger partial charge in [0.15, 0.2) is 5.65 Å². The molecule has 28 heavy (non-hydrogen) atoms. The van der Waals surface area contributed by atoms with Gasteiger partial charge in [-0.15, -0.1) is 0 Å². The van der Waals surface area contributed by atoms with Crippen LogP contribution < -0.4 is 10.9 Å². The van der Waals surface area contributed by atoms with Crippen LogP contribution in [0.5, 0.6) is 0 Å². The Hall–Kier alpha value is -3.38. The Morgan fingerprint density at radius 1 is 1.07 bits per heavy atom. The second-order valence-electron chi connectivity index (χ2n) is 6.78. The van der Waals surface area contributed by atoms with Crippen LogP contribution in [0.25, 0.3) is 16.7 Å². The minimum atomic E-state index is -0.166. The molecule has 1 aromatic carbocycles. The lowest BCUT2D eigenvalue weighted by Gasteiger charge is -2.19. The van der Waals surface area contributed by atoms with Crippen LogP contribution in [-0.2, 0) is 6.54 Å². The molecular weight excluding hydrogens is 350 g/mol. The molecule has 1 N–H and O–H groups in total. The lowest BCUT2D eigenvalue weighted by Crippen LogP contribution is -2.30. The zero-order valence-corrected chi connectivity index (χ0v) is 15.8. The van der Waals surface area contributed by atoms with Crippen molar-refractivity contribution in [3.05, 3.63) is 94.4 Å². The molecule has 6 heteroatoms. The van der Waals surface area contributed by atoms with Gasteiger partial charge in [-0.05, 0) is 49.7 Å². The van der Waals surface area contributed by atoms with Gasteiger partial charge in [-0.1, -0.05) is 23.8 Å². The lowest BCUT2D eigenvalue weighted by molar-refractivity contribution is 0.531. The second-order valence-corrected chi connectivity index (χ2v) is 6.78.